The van der Waals surface area contributed by atoms with Gasteiger partial charge in [-0.05, 0) is 48.5 Å². The summed E-state index contributed by atoms with van der Waals surface area (Å²) in [5, 5.41) is 6.77. The summed E-state index contributed by atoms with van der Waals surface area (Å²) in [5.74, 6) is 2.60. The van der Waals surface area contributed by atoms with Crippen molar-refractivity contribution < 1.29 is 18.8 Å². The molecule has 2 aromatic carbocycles. The Hall–Kier alpha value is -4.20. The van der Waals surface area contributed by atoms with E-state index in [2.05, 4.69) is 20.4 Å². The minimum absolute atomic E-state index is 0.153. The number of amides is 1. The molecule has 0 aliphatic rings. The van der Waals surface area contributed by atoms with Crippen LogP contribution in [-0.2, 0) is 11.2 Å². The molecule has 31 heavy (non-hydrogen) atoms. The summed E-state index contributed by atoms with van der Waals surface area (Å²) in [5.41, 5.74) is 1.43. The van der Waals surface area contributed by atoms with Gasteiger partial charge in [-0.1, -0.05) is 17.3 Å². The van der Waals surface area contributed by atoms with Crippen LogP contribution in [0.1, 0.15) is 12.3 Å². The fourth-order valence-corrected chi connectivity index (χ4v) is 2.85. The van der Waals surface area contributed by atoms with Gasteiger partial charge in [0.1, 0.15) is 5.75 Å². The van der Waals surface area contributed by atoms with Crippen molar-refractivity contribution in [2.24, 2.45) is 0 Å². The Kier molecular flexibility index (Phi) is 6.18. The highest BCUT2D eigenvalue weighted by Crippen LogP contribution is 2.31. The maximum atomic E-state index is 12.3. The van der Waals surface area contributed by atoms with E-state index in [9.17, 15) is 4.79 Å². The molecule has 4 aromatic rings. The highest BCUT2D eigenvalue weighted by molar-refractivity contribution is 5.90. The lowest BCUT2D eigenvalue weighted by molar-refractivity contribution is -0.116. The average Bonchev–Trinajstić information content (AvgIpc) is 3.29. The number of rotatable bonds is 8. The fraction of sp³-hybridized carbons (Fsp3) is 0.130. The molecule has 156 valence electrons. The highest BCUT2D eigenvalue weighted by Gasteiger charge is 2.11. The Morgan fingerprint density at radius 1 is 1.03 bits per heavy atom. The Balaban J connectivity index is 1.29. The zero-order chi connectivity index (χ0) is 21.5. The third-order valence-corrected chi connectivity index (χ3v) is 4.39. The molecule has 0 aliphatic heterocycles. The molecule has 0 saturated carbocycles. The summed E-state index contributed by atoms with van der Waals surface area (Å²) >= 11 is 0. The number of nitrogens with one attached hydrogen (secondary N) is 1. The summed E-state index contributed by atoms with van der Waals surface area (Å²) in [6.07, 6.45) is 3.89. The first-order valence-corrected chi connectivity index (χ1v) is 9.65. The van der Waals surface area contributed by atoms with Crippen molar-refractivity contribution in [3.63, 3.8) is 0 Å². The summed E-state index contributed by atoms with van der Waals surface area (Å²) in [7, 11) is 1.59. The number of aromatic nitrogens is 3. The van der Waals surface area contributed by atoms with E-state index in [0.29, 0.717) is 41.1 Å². The molecule has 0 fully saturated rings. The smallest absolute Gasteiger partial charge is 0.227 e. The van der Waals surface area contributed by atoms with E-state index in [4.69, 9.17) is 14.0 Å². The van der Waals surface area contributed by atoms with Gasteiger partial charge in [0.2, 0.25) is 17.6 Å². The Morgan fingerprint density at radius 2 is 1.84 bits per heavy atom. The second-order valence-corrected chi connectivity index (χ2v) is 6.58. The van der Waals surface area contributed by atoms with Gasteiger partial charge >= 0.3 is 0 Å². The average molecular weight is 416 g/mol. The van der Waals surface area contributed by atoms with Crippen LogP contribution >= 0.6 is 0 Å². The van der Waals surface area contributed by atoms with Crippen molar-refractivity contribution in [2.75, 3.05) is 12.4 Å². The summed E-state index contributed by atoms with van der Waals surface area (Å²) in [6, 6.07) is 18.1. The van der Waals surface area contributed by atoms with Gasteiger partial charge in [0.15, 0.2) is 11.5 Å². The summed E-state index contributed by atoms with van der Waals surface area (Å²) in [6.45, 7) is 0. The van der Waals surface area contributed by atoms with Gasteiger partial charge in [0.05, 0.1) is 7.11 Å². The number of pyridine rings is 1. The number of para-hydroxylation sites is 2. The maximum Gasteiger partial charge on any atom is 0.227 e. The number of carbonyl (C=O) groups excluding carboxylic acids is 1. The zero-order valence-electron chi connectivity index (χ0n) is 16.8. The molecule has 8 heteroatoms. The molecule has 4 rings (SSSR count). The maximum absolute atomic E-state index is 12.3. The van der Waals surface area contributed by atoms with Gasteiger partial charge in [-0.15, -0.1) is 0 Å². The van der Waals surface area contributed by atoms with E-state index in [0.717, 1.165) is 5.56 Å². The van der Waals surface area contributed by atoms with Gasteiger partial charge < -0.3 is 19.3 Å². The van der Waals surface area contributed by atoms with Gasteiger partial charge in [-0.2, -0.15) is 4.98 Å². The highest BCUT2D eigenvalue weighted by atomic mass is 16.5. The number of carbonyl (C=O) groups is 1. The molecular weight excluding hydrogens is 396 g/mol. The third kappa shape index (κ3) is 5.24. The molecule has 8 nitrogen and oxygen atoms in total. The van der Waals surface area contributed by atoms with Crippen LogP contribution in [-0.4, -0.2) is 28.1 Å². The second kappa shape index (κ2) is 9.53. The monoisotopic (exact) mass is 416 g/mol. The van der Waals surface area contributed by atoms with Crippen LogP contribution in [0, 0.1) is 0 Å². The van der Waals surface area contributed by atoms with E-state index in [1.807, 2.05) is 30.3 Å². The molecule has 2 aromatic heterocycles. The molecule has 0 bridgehead atoms. The third-order valence-electron chi connectivity index (χ3n) is 4.39. The van der Waals surface area contributed by atoms with Crippen LogP contribution in [0.25, 0.3) is 11.4 Å². The molecule has 0 unspecified atom stereocenters. The van der Waals surface area contributed by atoms with Gasteiger partial charge in [0, 0.05) is 36.5 Å². The lowest BCUT2D eigenvalue weighted by Gasteiger charge is -2.10. The predicted molar refractivity (Wildman–Crippen MR) is 114 cm³/mol. The lowest BCUT2D eigenvalue weighted by atomic mass is 10.2. The molecule has 1 amide bonds. The first-order valence-electron chi connectivity index (χ1n) is 9.65. The molecule has 0 radical (unpaired) electrons. The largest absolute Gasteiger partial charge is 0.493 e. The van der Waals surface area contributed by atoms with Crippen LogP contribution in [0.15, 0.2) is 77.6 Å². The number of ether oxygens (including phenoxy) is 2. The van der Waals surface area contributed by atoms with Crippen molar-refractivity contribution >= 4 is 11.6 Å². The van der Waals surface area contributed by atoms with E-state index < -0.39 is 0 Å². The van der Waals surface area contributed by atoms with Crippen molar-refractivity contribution in [2.45, 2.75) is 12.8 Å². The Labute approximate surface area is 178 Å². The van der Waals surface area contributed by atoms with Crippen LogP contribution in [0.5, 0.6) is 17.2 Å². The van der Waals surface area contributed by atoms with E-state index >= 15 is 0 Å². The first kappa shape index (κ1) is 20.1. The Morgan fingerprint density at radius 3 is 2.58 bits per heavy atom. The van der Waals surface area contributed by atoms with Crippen LogP contribution in [0.4, 0.5) is 5.69 Å². The number of anilines is 1. The molecule has 2 heterocycles. The lowest BCUT2D eigenvalue weighted by Crippen LogP contribution is -2.12. The summed E-state index contributed by atoms with van der Waals surface area (Å²) in [4.78, 5) is 20.6. The van der Waals surface area contributed by atoms with Gasteiger partial charge in [0.25, 0.3) is 0 Å². The quantitative estimate of drug-likeness (QED) is 0.451. The summed E-state index contributed by atoms with van der Waals surface area (Å²) < 4.78 is 16.3. The molecule has 0 saturated heterocycles. The number of hydrogen-bond acceptors (Lipinski definition) is 7. The SMILES string of the molecule is COc1ccccc1Oc1ccc(NC(=O)CCc2nc(-c3cccnc3)no2)cc1. The van der Waals surface area contributed by atoms with E-state index in [1.54, 1.807) is 49.8 Å². The minimum atomic E-state index is -0.153. The second-order valence-electron chi connectivity index (χ2n) is 6.58. The standard InChI is InChI=1S/C23H20N4O4/c1-29-19-6-2-3-7-20(19)30-18-10-8-17(9-11-18)25-21(28)12-13-22-26-23(27-31-22)16-5-4-14-24-15-16/h2-11,14-15H,12-13H2,1H3,(H,25,28). The Bertz CT molecular complexity index is 1140. The number of benzene rings is 2. The fourth-order valence-electron chi connectivity index (χ4n) is 2.85. The zero-order valence-corrected chi connectivity index (χ0v) is 16.8. The van der Waals surface area contributed by atoms with Gasteiger partial charge in [-0.3, -0.25) is 9.78 Å². The minimum Gasteiger partial charge on any atom is -0.493 e. The van der Waals surface area contributed by atoms with Crippen LogP contribution < -0.4 is 14.8 Å². The molecule has 0 atom stereocenters. The van der Waals surface area contributed by atoms with Crippen molar-refractivity contribution in [3.05, 3.63) is 78.9 Å². The number of aryl methyl sites for hydroxylation is 1. The molecule has 0 spiro atoms. The van der Waals surface area contributed by atoms with Crippen molar-refractivity contribution in [1.29, 1.82) is 0 Å². The first-order chi connectivity index (χ1) is 15.2. The molecular formula is C23H20N4O4. The van der Waals surface area contributed by atoms with Gasteiger partial charge in [-0.25, -0.2) is 0 Å². The number of nitrogens with zero attached hydrogens (tertiary/aromatic N) is 3. The number of methoxy groups -OCH3 is 1. The van der Waals surface area contributed by atoms with E-state index in [-0.39, 0.29) is 12.3 Å². The predicted octanol–water partition coefficient (Wildman–Crippen LogP) is 4.50. The number of hydrogen-bond donors (Lipinski definition) is 1. The van der Waals surface area contributed by atoms with Crippen LogP contribution in [0.3, 0.4) is 0 Å². The van der Waals surface area contributed by atoms with E-state index in [1.165, 1.54) is 0 Å². The van der Waals surface area contributed by atoms with Crippen molar-refractivity contribution in [3.8, 4) is 28.6 Å². The van der Waals surface area contributed by atoms with Crippen LogP contribution in [0.2, 0.25) is 0 Å². The normalized spacial score (nSPS) is 10.5. The van der Waals surface area contributed by atoms with Crippen molar-refractivity contribution in [1.82, 2.24) is 15.1 Å². The molecule has 1 N–H and O–H groups in total. The topological polar surface area (TPSA) is 99.4 Å². The molecule has 0 aliphatic carbocycles.